The summed E-state index contributed by atoms with van der Waals surface area (Å²) in [4.78, 5) is 1.62. The first-order valence-electron chi connectivity index (χ1n) is 8.08. The molecular formula is C17H28NO3+. The Labute approximate surface area is 128 Å². The minimum atomic E-state index is 0.241. The molecule has 4 nitrogen and oxygen atoms in total. The van der Waals surface area contributed by atoms with Crippen LogP contribution in [0.4, 0.5) is 0 Å². The molecule has 0 bridgehead atoms. The highest BCUT2D eigenvalue weighted by Gasteiger charge is 2.12. The molecule has 1 saturated heterocycles. The van der Waals surface area contributed by atoms with E-state index in [0.717, 1.165) is 63.8 Å². The molecule has 1 aliphatic heterocycles. The van der Waals surface area contributed by atoms with Crippen molar-refractivity contribution >= 4 is 0 Å². The molecule has 0 spiro atoms. The molecule has 0 radical (unpaired) electrons. The molecule has 0 aliphatic carbocycles. The molecule has 0 saturated carbocycles. The number of morpholine rings is 1. The van der Waals surface area contributed by atoms with Crippen molar-refractivity contribution in [2.45, 2.75) is 32.8 Å². The maximum Gasteiger partial charge on any atom is 0.123 e. The molecule has 21 heavy (non-hydrogen) atoms. The van der Waals surface area contributed by atoms with Crippen LogP contribution >= 0.6 is 0 Å². The first kappa shape index (κ1) is 16.1. The summed E-state index contributed by atoms with van der Waals surface area (Å²) in [5, 5.41) is 0. The lowest BCUT2D eigenvalue weighted by atomic mass is 10.3. The van der Waals surface area contributed by atoms with Gasteiger partial charge in [0.2, 0.25) is 0 Å². The lowest BCUT2D eigenvalue weighted by molar-refractivity contribution is -0.908. The molecule has 2 rings (SSSR count). The van der Waals surface area contributed by atoms with Crippen LogP contribution in [-0.2, 0) is 4.74 Å². The van der Waals surface area contributed by atoms with Gasteiger partial charge in [-0.3, -0.25) is 0 Å². The zero-order chi connectivity index (χ0) is 14.9. The van der Waals surface area contributed by atoms with Crippen LogP contribution in [0.1, 0.15) is 26.7 Å². The lowest BCUT2D eigenvalue weighted by Crippen LogP contribution is -3.14. The maximum absolute atomic E-state index is 5.83. The molecule has 1 atom stereocenters. The van der Waals surface area contributed by atoms with Gasteiger partial charge in [-0.15, -0.1) is 0 Å². The van der Waals surface area contributed by atoms with E-state index in [4.69, 9.17) is 14.2 Å². The Morgan fingerprint density at radius 3 is 2.76 bits per heavy atom. The van der Waals surface area contributed by atoms with Crippen LogP contribution < -0.4 is 14.4 Å². The fraction of sp³-hybridized carbons (Fsp3) is 0.647. The number of benzene rings is 1. The van der Waals surface area contributed by atoms with E-state index in [-0.39, 0.29) is 6.10 Å². The SMILES string of the molecule is CC[C@@H](C)Oc1cccc(OCCC[NH+]2CCOCC2)c1. The van der Waals surface area contributed by atoms with Crippen molar-refractivity contribution in [2.24, 2.45) is 0 Å². The highest BCUT2D eigenvalue weighted by atomic mass is 16.5. The first-order valence-corrected chi connectivity index (χ1v) is 8.08. The largest absolute Gasteiger partial charge is 0.493 e. The van der Waals surface area contributed by atoms with Gasteiger partial charge >= 0.3 is 0 Å². The van der Waals surface area contributed by atoms with Crippen LogP contribution in [0.2, 0.25) is 0 Å². The van der Waals surface area contributed by atoms with E-state index >= 15 is 0 Å². The van der Waals surface area contributed by atoms with E-state index in [1.165, 1.54) is 0 Å². The molecule has 0 amide bonds. The van der Waals surface area contributed by atoms with Gasteiger partial charge in [-0.2, -0.15) is 0 Å². The highest BCUT2D eigenvalue weighted by Crippen LogP contribution is 2.21. The van der Waals surface area contributed by atoms with Gasteiger partial charge in [0.25, 0.3) is 0 Å². The van der Waals surface area contributed by atoms with Crippen LogP contribution in [0.25, 0.3) is 0 Å². The Morgan fingerprint density at radius 2 is 2.00 bits per heavy atom. The molecule has 1 heterocycles. The zero-order valence-corrected chi connectivity index (χ0v) is 13.3. The summed E-state index contributed by atoms with van der Waals surface area (Å²) in [5.41, 5.74) is 0. The second-order valence-corrected chi connectivity index (χ2v) is 5.63. The van der Waals surface area contributed by atoms with Crippen LogP contribution in [-0.4, -0.2) is 45.6 Å². The fourth-order valence-corrected chi connectivity index (χ4v) is 2.38. The highest BCUT2D eigenvalue weighted by molar-refractivity contribution is 5.33. The summed E-state index contributed by atoms with van der Waals surface area (Å²) < 4.78 is 17.0. The van der Waals surface area contributed by atoms with E-state index < -0.39 is 0 Å². The summed E-state index contributed by atoms with van der Waals surface area (Å²) in [7, 11) is 0. The second kappa shape index (κ2) is 8.90. The lowest BCUT2D eigenvalue weighted by Gasteiger charge is -2.23. The summed E-state index contributed by atoms with van der Waals surface area (Å²) in [6, 6.07) is 7.94. The Balaban J connectivity index is 1.68. The number of hydrogen-bond donors (Lipinski definition) is 1. The van der Waals surface area contributed by atoms with Gasteiger partial charge in [0, 0.05) is 12.5 Å². The van der Waals surface area contributed by atoms with Crippen LogP contribution in [0.5, 0.6) is 11.5 Å². The van der Waals surface area contributed by atoms with Gasteiger partial charge < -0.3 is 19.1 Å². The molecule has 1 fully saturated rings. The number of quaternary nitrogens is 1. The summed E-state index contributed by atoms with van der Waals surface area (Å²) in [5.74, 6) is 1.79. The number of hydrogen-bond acceptors (Lipinski definition) is 3. The van der Waals surface area contributed by atoms with Crippen molar-refractivity contribution in [1.82, 2.24) is 0 Å². The average Bonchev–Trinajstić information content (AvgIpc) is 2.53. The second-order valence-electron chi connectivity index (χ2n) is 5.63. The van der Waals surface area contributed by atoms with Crippen molar-refractivity contribution in [3.8, 4) is 11.5 Å². The van der Waals surface area contributed by atoms with Gasteiger partial charge in [-0.05, 0) is 25.5 Å². The Morgan fingerprint density at radius 1 is 1.24 bits per heavy atom. The first-order chi connectivity index (χ1) is 10.3. The third-order valence-electron chi connectivity index (χ3n) is 3.86. The molecule has 1 aromatic rings. The van der Waals surface area contributed by atoms with Crippen LogP contribution in [0.3, 0.4) is 0 Å². The molecule has 1 N–H and O–H groups in total. The van der Waals surface area contributed by atoms with E-state index in [0.29, 0.717) is 0 Å². The van der Waals surface area contributed by atoms with E-state index in [1.54, 1.807) is 4.90 Å². The Kier molecular flexibility index (Phi) is 6.83. The van der Waals surface area contributed by atoms with Gasteiger partial charge in [0.1, 0.15) is 24.6 Å². The van der Waals surface area contributed by atoms with Crippen molar-refractivity contribution in [1.29, 1.82) is 0 Å². The minimum Gasteiger partial charge on any atom is -0.493 e. The van der Waals surface area contributed by atoms with Crippen molar-refractivity contribution in [2.75, 3.05) is 39.5 Å². The Bertz CT molecular complexity index is 405. The third-order valence-corrected chi connectivity index (χ3v) is 3.86. The molecule has 4 heteroatoms. The number of ether oxygens (including phenoxy) is 3. The van der Waals surface area contributed by atoms with Gasteiger partial charge in [0.15, 0.2) is 0 Å². The molecule has 118 valence electrons. The Hall–Kier alpha value is -1.26. The fourth-order valence-electron chi connectivity index (χ4n) is 2.38. The van der Waals surface area contributed by atoms with E-state index in [9.17, 15) is 0 Å². The minimum absolute atomic E-state index is 0.241. The smallest absolute Gasteiger partial charge is 0.123 e. The molecule has 1 aromatic carbocycles. The van der Waals surface area contributed by atoms with E-state index in [2.05, 4.69) is 13.8 Å². The van der Waals surface area contributed by atoms with Gasteiger partial charge in [0.05, 0.1) is 32.5 Å². The molecule has 1 aliphatic rings. The van der Waals surface area contributed by atoms with Gasteiger partial charge in [-0.1, -0.05) is 13.0 Å². The van der Waals surface area contributed by atoms with Crippen LogP contribution in [0.15, 0.2) is 24.3 Å². The number of nitrogens with one attached hydrogen (secondary N) is 1. The van der Waals surface area contributed by atoms with Crippen molar-refractivity contribution in [3.05, 3.63) is 24.3 Å². The number of rotatable bonds is 8. The molecule has 0 unspecified atom stereocenters. The summed E-state index contributed by atoms with van der Waals surface area (Å²) in [6.45, 7) is 10.2. The quantitative estimate of drug-likeness (QED) is 0.738. The molecule has 0 aromatic heterocycles. The van der Waals surface area contributed by atoms with Crippen molar-refractivity contribution < 1.29 is 19.1 Å². The summed E-state index contributed by atoms with van der Waals surface area (Å²) >= 11 is 0. The summed E-state index contributed by atoms with van der Waals surface area (Å²) in [6.07, 6.45) is 2.32. The monoisotopic (exact) mass is 294 g/mol. The topological polar surface area (TPSA) is 32.1 Å². The van der Waals surface area contributed by atoms with Crippen molar-refractivity contribution in [3.63, 3.8) is 0 Å². The normalized spacial score (nSPS) is 17.4. The average molecular weight is 294 g/mol. The van der Waals surface area contributed by atoms with E-state index in [1.807, 2.05) is 24.3 Å². The third kappa shape index (κ3) is 5.94. The van der Waals surface area contributed by atoms with Gasteiger partial charge in [-0.25, -0.2) is 0 Å². The standard InChI is InChI=1S/C17H27NO3/c1-3-15(2)21-17-7-4-6-16(14-17)20-11-5-8-18-9-12-19-13-10-18/h4,6-7,14-15H,3,5,8-13H2,1-2H3/p+1/t15-/m1/s1. The predicted octanol–water partition coefficient (Wildman–Crippen LogP) is 1.55. The maximum atomic E-state index is 5.83. The molecular weight excluding hydrogens is 266 g/mol. The predicted molar refractivity (Wildman–Crippen MR) is 83.3 cm³/mol. The van der Waals surface area contributed by atoms with Crippen LogP contribution in [0, 0.1) is 0 Å². The zero-order valence-electron chi connectivity index (χ0n) is 13.3.